The van der Waals surface area contributed by atoms with Crippen LogP contribution in [0.1, 0.15) is 27.8 Å². The van der Waals surface area contributed by atoms with Gasteiger partial charge in [0.25, 0.3) is 0 Å². The summed E-state index contributed by atoms with van der Waals surface area (Å²) in [6, 6.07) is 62.2. The van der Waals surface area contributed by atoms with E-state index in [0.29, 0.717) is 5.56 Å². The summed E-state index contributed by atoms with van der Waals surface area (Å²) < 4.78 is 15.9. The van der Waals surface area contributed by atoms with Gasteiger partial charge in [0, 0.05) is 71.3 Å². The van der Waals surface area contributed by atoms with Gasteiger partial charge in [-0.05, 0) is 82.9 Å². The Morgan fingerprint density at radius 3 is 1.93 bits per heavy atom. The number of hydrogen-bond donors (Lipinski definition) is 0. The van der Waals surface area contributed by atoms with Crippen molar-refractivity contribution < 1.29 is 9.15 Å². The van der Waals surface area contributed by atoms with Crippen LogP contribution in [0.2, 0.25) is 0 Å². The second kappa shape index (κ2) is 11.2. The lowest BCUT2D eigenvalue weighted by Gasteiger charge is -2.40. The lowest BCUT2D eigenvalue weighted by molar-refractivity contribution is 0.436. The van der Waals surface area contributed by atoms with Crippen LogP contribution in [0.15, 0.2) is 174 Å². The number of thiophene rings is 1. The number of nitrogens with zero attached hydrogens (tertiary/aromatic N) is 2. The summed E-state index contributed by atoms with van der Waals surface area (Å²) in [6.45, 7) is 0. The fourth-order valence-corrected chi connectivity index (χ4v) is 10.4. The summed E-state index contributed by atoms with van der Waals surface area (Å²) in [5, 5.41) is 14.8. The van der Waals surface area contributed by atoms with E-state index in [-0.39, 0.29) is 0 Å². The maximum Gasteiger partial charge on any atom is 0.137 e. The van der Waals surface area contributed by atoms with E-state index >= 15 is 0 Å². The quantitative estimate of drug-likeness (QED) is 0.182. The van der Waals surface area contributed by atoms with E-state index in [1.54, 1.807) is 0 Å². The van der Waals surface area contributed by atoms with Gasteiger partial charge in [-0.1, -0.05) is 97.1 Å². The van der Waals surface area contributed by atoms with Gasteiger partial charge in [0.15, 0.2) is 0 Å². The number of furan rings is 1. The second-order valence-corrected chi connectivity index (χ2v) is 15.4. The topological polar surface area (TPSA) is 49.4 Å². The zero-order chi connectivity index (χ0) is 36.3. The third-order valence-electron chi connectivity index (χ3n) is 11.6. The first kappa shape index (κ1) is 30.3. The van der Waals surface area contributed by atoms with Crippen molar-refractivity contribution in [3.63, 3.8) is 0 Å². The Labute approximate surface area is 320 Å². The predicted molar refractivity (Wildman–Crippen MR) is 223 cm³/mol. The minimum absolute atomic E-state index is 0.604. The Balaban J connectivity index is 1.11. The molecule has 0 unspecified atom stereocenters. The maximum atomic E-state index is 10.1. The van der Waals surface area contributed by atoms with Crippen molar-refractivity contribution in [1.82, 2.24) is 0 Å². The van der Waals surface area contributed by atoms with Crippen LogP contribution in [-0.2, 0) is 5.41 Å². The lowest BCUT2D eigenvalue weighted by atomic mass is 9.66. The minimum Gasteiger partial charge on any atom is -0.457 e. The number of rotatable bonds is 3. The minimum atomic E-state index is -0.671. The van der Waals surface area contributed by atoms with Crippen LogP contribution >= 0.6 is 11.3 Å². The van der Waals surface area contributed by atoms with Crippen molar-refractivity contribution in [3.8, 4) is 28.7 Å². The van der Waals surface area contributed by atoms with E-state index in [1.165, 1.54) is 42.4 Å². The van der Waals surface area contributed by atoms with E-state index in [2.05, 4.69) is 150 Å². The first-order valence-corrected chi connectivity index (χ1v) is 19.2. The molecule has 0 saturated heterocycles. The molecule has 55 heavy (non-hydrogen) atoms. The Kier molecular flexibility index (Phi) is 6.17. The van der Waals surface area contributed by atoms with Crippen molar-refractivity contribution >= 4 is 70.5 Å². The molecule has 1 spiro atoms. The highest BCUT2D eigenvalue weighted by molar-refractivity contribution is 7.25. The van der Waals surface area contributed by atoms with Crippen molar-refractivity contribution in [2.24, 2.45) is 0 Å². The van der Waals surface area contributed by atoms with Gasteiger partial charge in [0.05, 0.1) is 17.0 Å². The molecule has 8 aromatic carbocycles. The van der Waals surface area contributed by atoms with Gasteiger partial charge >= 0.3 is 0 Å². The number of nitriles is 1. The van der Waals surface area contributed by atoms with Crippen LogP contribution in [0.5, 0.6) is 11.5 Å². The van der Waals surface area contributed by atoms with Crippen molar-refractivity contribution in [2.45, 2.75) is 5.41 Å². The molecule has 256 valence electrons. The van der Waals surface area contributed by atoms with Gasteiger partial charge in [0.1, 0.15) is 22.7 Å². The summed E-state index contributed by atoms with van der Waals surface area (Å²) in [5.41, 5.74) is 11.4. The zero-order valence-electron chi connectivity index (χ0n) is 29.3. The third-order valence-corrected chi connectivity index (χ3v) is 12.7. The molecule has 10 aromatic rings. The predicted octanol–water partition coefficient (Wildman–Crippen LogP) is 13.8. The number of para-hydroxylation sites is 1. The lowest BCUT2D eigenvalue weighted by Crippen LogP contribution is -2.32. The molecule has 1 aliphatic carbocycles. The molecule has 0 amide bonds. The van der Waals surface area contributed by atoms with E-state index in [1.807, 2.05) is 41.7 Å². The normalized spacial score (nSPS) is 13.4. The van der Waals surface area contributed by atoms with Gasteiger partial charge in [0.2, 0.25) is 0 Å². The van der Waals surface area contributed by atoms with Gasteiger partial charge < -0.3 is 14.1 Å². The highest BCUT2D eigenvalue weighted by atomic mass is 32.1. The molecule has 5 heteroatoms. The van der Waals surface area contributed by atoms with E-state index in [0.717, 1.165) is 61.6 Å². The summed E-state index contributed by atoms with van der Waals surface area (Å²) in [4.78, 5) is 2.30. The Morgan fingerprint density at radius 1 is 0.473 bits per heavy atom. The molecule has 3 heterocycles. The second-order valence-electron chi connectivity index (χ2n) is 14.3. The molecular weight excluding hydrogens is 693 g/mol. The van der Waals surface area contributed by atoms with Crippen LogP contribution in [-0.4, -0.2) is 0 Å². The van der Waals surface area contributed by atoms with Crippen LogP contribution in [0.4, 0.5) is 17.1 Å². The van der Waals surface area contributed by atoms with Gasteiger partial charge in [-0.15, -0.1) is 11.3 Å². The fraction of sp³-hybridized carbons (Fsp3) is 0.0200. The van der Waals surface area contributed by atoms with Gasteiger partial charge in [-0.25, -0.2) is 0 Å². The molecule has 0 saturated carbocycles. The molecular formula is C50H28N2O2S. The van der Waals surface area contributed by atoms with Gasteiger partial charge in [-0.2, -0.15) is 5.26 Å². The maximum absolute atomic E-state index is 10.1. The van der Waals surface area contributed by atoms with Crippen LogP contribution in [0, 0.1) is 11.3 Å². The fourth-order valence-electron chi connectivity index (χ4n) is 9.26. The monoisotopic (exact) mass is 720 g/mol. The van der Waals surface area contributed by atoms with Crippen LogP contribution in [0.25, 0.3) is 53.2 Å². The molecule has 0 atom stereocenters. The Morgan fingerprint density at radius 2 is 1.11 bits per heavy atom. The number of benzene rings is 8. The first-order chi connectivity index (χ1) is 27.2. The molecule has 4 nitrogen and oxygen atoms in total. The number of ether oxygens (including phenoxy) is 1. The van der Waals surface area contributed by atoms with Crippen molar-refractivity contribution in [3.05, 3.63) is 198 Å². The highest BCUT2D eigenvalue weighted by Crippen LogP contribution is 2.62. The summed E-state index contributed by atoms with van der Waals surface area (Å²) >= 11 is 1.81. The molecule has 0 fully saturated rings. The summed E-state index contributed by atoms with van der Waals surface area (Å²) in [6.07, 6.45) is 0. The number of hydrogen-bond acceptors (Lipinski definition) is 5. The molecule has 0 N–H and O–H groups in total. The summed E-state index contributed by atoms with van der Waals surface area (Å²) in [7, 11) is 0. The molecule has 2 aliphatic rings. The molecule has 1 aliphatic heterocycles. The van der Waals surface area contributed by atoms with Crippen LogP contribution < -0.4 is 9.64 Å². The average molecular weight is 721 g/mol. The van der Waals surface area contributed by atoms with E-state index < -0.39 is 5.41 Å². The standard InChI is InChI=1S/C50H28N2O2S/c51-29-30-17-24-45-43(25-30)50(40-13-5-1-9-34(40)35-10-2-6-14-41(35)50)42-23-20-32(27-47(42)54-45)52(31-18-21-37-36-11-3-7-15-44(36)53-46(37)26-31)33-19-22-39-38-12-4-8-16-48(38)55-49(39)28-33/h1-28H. The molecule has 12 rings (SSSR count). The largest absolute Gasteiger partial charge is 0.457 e. The first-order valence-electron chi connectivity index (χ1n) is 18.4. The van der Waals surface area contributed by atoms with Crippen molar-refractivity contribution in [2.75, 3.05) is 4.90 Å². The molecule has 0 radical (unpaired) electrons. The number of anilines is 3. The molecule has 0 bridgehead atoms. The smallest absolute Gasteiger partial charge is 0.137 e. The Hall–Kier alpha value is -7.13. The summed E-state index contributed by atoms with van der Waals surface area (Å²) in [5.74, 6) is 1.52. The van der Waals surface area contributed by atoms with E-state index in [9.17, 15) is 5.26 Å². The highest BCUT2D eigenvalue weighted by Gasteiger charge is 2.51. The Bertz CT molecular complexity index is 3130. The van der Waals surface area contributed by atoms with E-state index in [4.69, 9.17) is 9.15 Å². The number of fused-ring (bicyclic) bond motifs is 15. The van der Waals surface area contributed by atoms with Crippen LogP contribution in [0.3, 0.4) is 0 Å². The average Bonchev–Trinajstić information content (AvgIpc) is 3.89. The third kappa shape index (κ3) is 4.15. The SMILES string of the molecule is N#Cc1ccc2c(c1)C1(c3ccc(N(c4ccc5c(c4)oc4ccccc45)c4ccc5c(c4)sc4ccccc45)cc3O2)c2ccccc2-c2ccccc21. The van der Waals surface area contributed by atoms with Gasteiger partial charge in [-0.3, -0.25) is 0 Å². The van der Waals surface area contributed by atoms with Crippen molar-refractivity contribution in [1.29, 1.82) is 5.26 Å². The molecule has 2 aromatic heterocycles. The zero-order valence-corrected chi connectivity index (χ0v) is 30.1.